The average molecular weight is 230 g/mol. The summed E-state index contributed by atoms with van der Waals surface area (Å²) in [6.45, 7) is 8.70. The zero-order valence-corrected chi connectivity index (χ0v) is 10.5. The summed E-state index contributed by atoms with van der Waals surface area (Å²) in [5.74, 6) is -0.909. The Morgan fingerprint density at radius 1 is 1.31 bits per heavy atom. The van der Waals surface area contributed by atoms with Gasteiger partial charge in [-0.25, -0.2) is 0 Å². The third kappa shape index (κ3) is 6.40. The van der Waals surface area contributed by atoms with Crippen molar-refractivity contribution in [1.29, 1.82) is 0 Å². The van der Waals surface area contributed by atoms with Crippen LogP contribution in [-0.2, 0) is 9.59 Å². The van der Waals surface area contributed by atoms with Gasteiger partial charge in [0.25, 0.3) is 0 Å². The molecule has 0 fully saturated rings. The van der Waals surface area contributed by atoms with Crippen LogP contribution < -0.4 is 5.32 Å². The van der Waals surface area contributed by atoms with Gasteiger partial charge in [0, 0.05) is 25.0 Å². The van der Waals surface area contributed by atoms with E-state index in [1.807, 2.05) is 27.7 Å². The van der Waals surface area contributed by atoms with Crippen molar-refractivity contribution in [1.82, 2.24) is 10.2 Å². The molecular formula is C11H22N2O3. The first-order valence-electron chi connectivity index (χ1n) is 5.51. The largest absolute Gasteiger partial charge is 0.480 e. The van der Waals surface area contributed by atoms with Crippen LogP contribution in [0.3, 0.4) is 0 Å². The molecule has 94 valence electrons. The smallest absolute Gasteiger partial charge is 0.317 e. The average Bonchev–Trinajstić information content (AvgIpc) is 2.10. The lowest BCUT2D eigenvalue weighted by atomic mass is 10.1. The van der Waals surface area contributed by atoms with E-state index in [2.05, 4.69) is 5.32 Å². The number of hydrogen-bond donors (Lipinski definition) is 2. The van der Waals surface area contributed by atoms with Crippen molar-refractivity contribution >= 4 is 11.9 Å². The molecule has 0 rings (SSSR count). The SMILES string of the molecule is CCNC(=O)CCN(CC(=O)O)C(C)(C)C. The minimum atomic E-state index is -0.870. The Labute approximate surface area is 96.8 Å². The van der Waals surface area contributed by atoms with Gasteiger partial charge in [0.05, 0.1) is 6.54 Å². The number of hydrogen-bond acceptors (Lipinski definition) is 3. The van der Waals surface area contributed by atoms with Crippen molar-refractivity contribution in [3.05, 3.63) is 0 Å². The van der Waals surface area contributed by atoms with Gasteiger partial charge in [0.15, 0.2) is 0 Å². The lowest BCUT2D eigenvalue weighted by molar-refractivity contribution is -0.140. The van der Waals surface area contributed by atoms with Crippen LogP contribution in [0.5, 0.6) is 0 Å². The molecule has 0 unspecified atom stereocenters. The minimum Gasteiger partial charge on any atom is -0.480 e. The molecule has 0 aliphatic heterocycles. The van der Waals surface area contributed by atoms with E-state index in [9.17, 15) is 9.59 Å². The van der Waals surface area contributed by atoms with Gasteiger partial charge in [-0.2, -0.15) is 0 Å². The number of carboxylic acid groups (broad SMARTS) is 1. The predicted molar refractivity (Wildman–Crippen MR) is 62.3 cm³/mol. The van der Waals surface area contributed by atoms with E-state index in [1.165, 1.54) is 0 Å². The highest BCUT2D eigenvalue weighted by Crippen LogP contribution is 2.12. The van der Waals surface area contributed by atoms with Crippen LogP contribution in [0.2, 0.25) is 0 Å². The number of aliphatic carboxylic acids is 1. The highest BCUT2D eigenvalue weighted by Gasteiger charge is 2.23. The van der Waals surface area contributed by atoms with Gasteiger partial charge in [-0.3, -0.25) is 14.5 Å². The number of nitrogens with zero attached hydrogens (tertiary/aromatic N) is 1. The molecule has 5 nitrogen and oxygen atoms in total. The highest BCUT2D eigenvalue weighted by atomic mass is 16.4. The topological polar surface area (TPSA) is 69.6 Å². The second-order valence-electron chi connectivity index (χ2n) is 4.69. The van der Waals surface area contributed by atoms with E-state index in [0.717, 1.165) is 0 Å². The summed E-state index contributed by atoms with van der Waals surface area (Å²) in [4.78, 5) is 23.7. The van der Waals surface area contributed by atoms with Crippen molar-refractivity contribution in [2.24, 2.45) is 0 Å². The van der Waals surface area contributed by atoms with E-state index in [4.69, 9.17) is 5.11 Å². The van der Waals surface area contributed by atoms with E-state index in [-0.39, 0.29) is 18.0 Å². The molecule has 0 saturated carbocycles. The van der Waals surface area contributed by atoms with Crippen molar-refractivity contribution in [3.8, 4) is 0 Å². The maximum absolute atomic E-state index is 11.3. The summed E-state index contributed by atoms with van der Waals surface area (Å²) in [5, 5.41) is 11.5. The van der Waals surface area contributed by atoms with Crippen molar-refractivity contribution < 1.29 is 14.7 Å². The Hall–Kier alpha value is -1.10. The molecule has 0 aromatic rings. The van der Waals surface area contributed by atoms with Crippen LogP contribution in [0.4, 0.5) is 0 Å². The van der Waals surface area contributed by atoms with Gasteiger partial charge >= 0.3 is 5.97 Å². The molecule has 0 saturated heterocycles. The van der Waals surface area contributed by atoms with Crippen LogP contribution in [0.25, 0.3) is 0 Å². The normalized spacial score (nSPS) is 11.6. The van der Waals surface area contributed by atoms with Gasteiger partial charge in [0.2, 0.25) is 5.91 Å². The molecule has 0 aromatic heterocycles. The van der Waals surface area contributed by atoms with Crippen LogP contribution in [0.15, 0.2) is 0 Å². The molecule has 5 heteroatoms. The maximum atomic E-state index is 11.3. The third-order valence-electron chi connectivity index (χ3n) is 2.26. The van der Waals surface area contributed by atoms with Gasteiger partial charge in [-0.1, -0.05) is 0 Å². The fraction of sp³-hybridized carbons (Fsp3) is 0.818. The summed E-state index contributed by atoms with van der Waals surface area (Å²) in [7, 11) is 0. The Bertz CT molecular complexity index is 246. The van der Waals surface area contributed by atoms with Crippen molar-refractivity contribution in [3.63, 3.8) is 0 Å². The molecule has 0 aromatic carbocycles. The van der Waals surface area contributed by atoms with Gasteiger partial charge in [-0.05, 0) is 27.7 Å². The molecule has 1 amide bonds. The minimum absolute atomic E-state index is 0.0388. The number of carbonyl (C=O) groups excluding carboxylic acids is 1. The quantitative estimate of drug-likeness (QED) is 0.704. The first kappa shape index (κ1) is 14.9. The van der Waals surface area contributed by atoms with Crippen molar-refractivity contribution in [2.45, 2.75) is 39.7 Å². The number of carboxylic acids is 1. The molecule has 0 aliphatic carbocycles. The number of nitrogens with one attached hydrogen (secondary N) is 1. The van der Waals surface area contributed by atoms with Gasteiger partial charge in [0.1, 0.15) is 0 Å². The molecular weight excluding hydrogens is 208 g/mol. The van der Waals surface area contributed by atoms with Crippen molar-refractivity contribution in [2.75, 3.05) is 19.6 Å². The lowest BCUT2D eigenvalue weighted by Gasteiger charge is -2.34. The summed E-state index contributed by atoms with van der Waals surface area (Å²) >= 11 is 0. The highest BCUT2D eigenvalue weighted by molar-refractivity contribution is 5.76. The Balaban J connectivity index is 4.23. The van der Waals surface area contributed by atoms with Gasteiger partial charge < -0.3 is 10.4 Å². The first-order chi connectivity index (χ1) is 7.27. The van der Waals surface area contributed by atoms with E-state index in [1.54, 1.807) is 4.90 Å². The lowest BCUT2D eigenvalue weighted by Crippen LogP contribution is -2.46. The number of carbonyl (C=O) groups is 2. The van der Waals surface area contributed by atoms with E-state index >= 15 is 0 Å². The predicted octanol–water partition coefficient (Wildman–Crippen LogP) is 0.698. The summed E-state index contributed by atoms with van der Waals surface area (Å²) in [5.41, 5.74) is -0.245. The van der Waals surface area contributed by atoms with Crippen LogP contribution in [0, 0.1) is 0 Å². The van der Waals surface area contributed by atoms with E-state index < -0.39 is 5.97 Å². The Morgan fingerprint density at radius 2 is 1.88 bits per heavy atom. The molecule has 0 aliphatic rings. The Morgan fingerprint density at radius 3 is 2.25 bits per heavy atom. The Kier molecular flexibility index (Phi) is 6.03. The molecule has 2 N–H and O–H groups in total. The first-order valence-corrected chi connectivity index (χ1v) is 5.51. The zero-order valence-electron chi connectivity index (χ0n) is 10.5. The summed E-state index contributed by atoms with van der Waals surface area (Å²) < 4.78 is 0. The number of amides is 1. The summed E-state index contributed by atoms with van der Waals surface area (Å²) in [6, 6.07) is 0. The fourth-order valence-electron chi connectivity index (χ4n) is 1.34. The molecule has 0 bridgehead atoms. The third-order valence-corrected chi connectivity index (χ3v) is 2.26. The molecule has 0 radical (unpaired) electrons. The monoisotopic (exact) mass is 230 g/mol. The van der Waals surface area contributed by atoms with Crippen LogP contribution >= 0.6 is 0 Å². The molecule has 0 atom stereocenters. The van der Waals surface area contributed by atoms with Crippen LogP contribution in [0.1, 0.15) is 34.1 Å². The van der Waals surface area contributed by atoms with E-state index in [0.29, 0.717) is 19.5 Å². The zero-order chi connectivity index (χ0) is 12.8. The second kappa shape index (κ2) is 6.48. The molecule has 0 spiro atoms. The molecule has 0 heterocycles. The molecule has 16 heavy (non-hydrogen) atoms. The summed E-state index contributed by atoms with van der Waals surface area (Å²) in [6.07, 6.45) is 0.332. The van der Waals surface area contributed by atoms with Gasteiger partial charge in [-0.15, -0.1) is 0 Å². The maximum Gasteiger partial charge on any atom is 0.317 e. The van der Waals surface area contributed by atoms with Crippen LogP contribution in [-0.4, -0.2) is 47.1 Å². The fourth-order valence-corrected chi connectivity index (χ4v) is 1.34. The second-order valence-corrected chi connectivity index (χ2v) is 4.69. The standard InChI is InChI=1S/C11H22N2O3/c1-5-12-9(14)6-7-13(8-10(15)16)11(2,3)4/h5-8H2,1-4H3,(H,12,14)(H,15,16). The number of rotatable bonds is 6.